The molecule has 0 unspecified atom stereocenters. The van der Waals surface area contributed by atoms with E-state index < -0.39 is 0 Å². The number of anilines is 4. The zero-order valence-electron chi connectivity index (χ0n) is 38.0. The Morgan fingerprint density at radius 3 is 1.64 bits per heavy atom. The second-order valence-electron chi connectivity index (χ2n) is 21.6. The molecule has 0 bridgehead atoms. The molecular formula is C55H64N4. The highest BCUT2D eigenvalue weighted by atomic mass is 15.4. The SMILES string of the molecule is CC(C)(C)c1cc(N2CN(c3c(C(C)(C)C)cccc3C(C)(C)C)c3ccccc32)cc(C(C)(C)c2ccc3c4ccccc4n(-c4cc(C(C)(C)C)ccn4)c3c2)c1. The van der Waals surface area contributed by atoms with Gasteiger partial charge < -0.3 is 9.80 Å². The van der Waals surface area contributed by atoms with Gasteiger partial charge in [0.1, 0.15) is 12.5 Å². The van der Waals surface area contributed by atoms with Crippen LogP contribution in [0.1, 0.15) is 130 Å². The van der Waals surface area contributed by atoms with E-state index in [2.05, 4.69) is 227 Å². The molecule has 5 aromatic carbocycles. The average Bonchev–Trinajstić information content (AvgIpc) is 3.72. The summed E-state index contributed by atoms with van der Waals surface area (Å²) in [5.74, 6) is 0.954. The van der Waals surface area contributed by atoms with Crippen LogP contribution in [-0.4, -0.2) is 16.2 Å². The Labute approximate surface area is 353 Å². The van der Waals surface area contributed by atoms with Crippen LogP contribution in [-0.2, 0) is 27.1 Å². The fraction of sp³-hybridized carbons (Fsp3) is 0.364. The zero-order valence-corrected chi connectivity index (χ0v) is 38.0. The quantitative estimate of drug-likeness (QED) is 0.174. The Balaban J connectivity index is 1.29. The lowest BCUT2D eigenvalue weighted by atomic mass is 9.75. The van der Waals surface area contributed by atoms with Crippen LogP contribution in [0.2, 0.25) is 0 Å². The number of aromatic nitrogens is 2. The van der Waals surface area contributed by atoms with Crippen LogP contribution in [0.25, 0.3) is 27.6 Å². The number of pyridine rings is 1. The molecule has 0 spiro atoms. The normalized spacial score (nSPS) is 14.1. The van der Waals surface area contributed by atoms with E-state index in [0.717, 1.165) is 12.5 Å². The van der Waals surface area contributed by atoms with Crippen molar-refractivity contribution >= 4 is 44.6 Å². The summed E-state index contributed by atoms with van der Waals surface area (Å²) in [7, 11) is 0. The van der Waals surface area contributed by atoms with Gasteiger partial charge in [-0.15, -0.1) is 0 Å². The molecule has 0 radical (unpaired) electrons. The molecule has 0 amide bonds. The van der Waals surface area contributed by atoms with Crippen molar-refractivity contribution in [3.05, 3.63) is 155 Å². The van der Waals surface area contributed by atoms with Gasteiger partial charge in [-0.3, -0.25) is 4.57 Å². The van der Waals surface area contributed by atoms with Crippen LogP contribution in [0.3, 0.4) is 0 Å². The standard InChI is InChI=1S/C55H64N4/c1-51(2,3)36-28-29-56-49(34-36)59-45-23-16-15-20-41(45)42-27-26-37(33-48(42)59)55(13,14)39-30-38(52(4,5)6)31-40(32-39)57-35-58(47-25-18-17-24-46(47)57)50-43(53(7,8)9)21-19-22-44(50)54(10,11)12/h15-34H,35H2,1-14H3. The van der Waals surface area contributed by atoms with Gasteiger partial charge in [0, 0.05) is 28.1 Å². The Morgan fingerprint density at radius 2 is 1.02 bits per heavy atom. The highest BCUT2D eigenvalue weighted by Gasteiger charge is 2.36. The third-order valence-electron chi connectivity index (χ3n) is 12.7. The van der Waals surface area contributed by atoms with Gasteiger partial charge in [0.05, 0.1) is 28.1 Å². The molecular weight excluding hydrogens is 717 g/mol. The highest BCUT2D eigenvalue weighted by molar-refractivity contribution is 6.09. The van der Waals surface area contributed by atoms with Crippen LogP contribution in [0.15, 0.2) is 121 Å². The average molecular weight is 781 g/mol. The van der Waals surface area contributed by atoms with Crippen LogP contribution >= 0.6 is 0 Å². The molecule has 0 saturated carbocycles. The highest BCUT2D eigenvalue weighted by Crippen LogP contribution is 2.51. The van der Waals surface area contributed by atoms with E-state index in [4.69, 9.17) is 4.98 Å². The lowest BCUT2D eigenvalue weighted by Crippen LogP contribution is -2.30. The topological polar surface area (TPSA) is 24.3 Å². The van der Waals surface area contributed by atoms with Crippen LogP contribution < -0.4 is 9.80 Å². The maximum Gasteiger partial charge on any atom is 0.137 e. The molecule has 0 aliphatic carbocycles. The summed E-state index contributed by atoms with van der Waals surface area (Å²) in [4.78, 5) is 10.1. The molecule has 3 heterocycles. The molecule has 0 atom stereocenters. The van der Waals surface area contributed by atoms with Crippen molar-refractivity contribution in [1.29, 1.82) is 0 Å². The van der Waals surface area contributed by atoms with Crippen LogP contribution in [0.4, 0.5) is 22.7 Å². The van der Waals surface area contributed by atoms with Crippen molar-refractivity contribution in [1.82, 2.24) is 9.55 Å². The predicted octanol–water partition coefficient (Wildman–Crippen LogP) is 14.9. The van der Waals surface area contributed by atoms with Crippen LogP contribution in [0, 0.1) is 0 Å². The summed E-state index contributed by atoms with van der Waals surface area (Å²) in [5, 5.41) is 2.48. The molecule has 2 aromatic heterocycles. The molecule has 0 fully saturated rings. The molecule has 0 saturated heterocycles. The maximum atomic E-state index is 4.98. The number of hydrogen-bond acceptors (Lipinski definition) is 3. The Morgan fingerprint density at radius 1 is 0.441 bits per heavy atom. The maximum absolute atomic E-state index is 4.98. The van der Waals surface area contributed by atoms with Crippen molar-refractivity contribution in [2.24, 2.45) is 0 Å². The third-order valence-corrected chi connectivity index (χ3v) is 12.7. The first-order valence-corrected chi connectivity index (χ1v) is 21.5. The summed E-state index contributed by atoms with van der Waals surface area (Å²) < 4.78 is 2.37. The van der Waals surface area contributed by atoms with E-state index in [9.17, 15) is 0 Å². The number of para-hydroxylation sites is 4. The van der Waals surface area contributed by atoms with E-state index in [-0.39, 0.29) is 27.1 Å². The monoisotopic (exact) mass is 781 g/mol. The largest absolute Gasteiger partial charge is 0.321 e. The molecule has 1 aliphatic heterocycles. The summed E-state index contributed by atoms with van der Waals surface area (Å²) in [6, 6.07) is 43.6. The van der Waals surface area contributed by atoms with E-state index >= 15 is 0 Å². The smallest absolute Gasteiger partial charge is 0.137 e. The first-order chi connectivity index (χ1) is 27.5. The van der Waals surface area contributed by atoms with E-state index in [1.165, 1.54) is 77.9 Å². The van der Waals surface area contributed by atoms with E-state index in [1.807, 2.05) is 6.20 Å². The Kier molecular flexibility index (Phi) is 9.50. The fourth-order valence-electron chi connectivity index (χ4n) is 9.01. The fourth-order valence-corrected chi connectivity index (χ4v) is 9.01. The third kappa shape index (κ3) is 7.13. The minimum atomic E-state index is -0.316. The summed E-state index contributed by atoms with van der Waals surface area (Å²) in [6.45, 7) is 33.4. The van der Waals surface area contributed by atoms with E-state index in [0.29, 0.717) is 0 Å². The number of rotatable bonds is 5. The molecule has 8 rings (SSSR count). The number of benzene rings is 5. The summed E-state index contributed by atoms with van der Waals surface area (Å²) >= 11 is 0. The van der Waals surface area contributed by atoms with Gasteiger partial charge in [-0.2, -0.15) is 0 Å². The summed E-state index contributed by atoms with van der Waals surface area (Å²) in [5.41, 5.74) is 14.9. The molecule has 59 heavy (non-hydrogen) atoms. The lowest BCUT2D eigenvalue weighted by molar-refractivity contribution is 0.568. The molecule has 1 aliphatic rings. The van der Waals surface area contributed by atoms with E-state index in [1.54, 1.807) is 0 Å². The van der Waals surface area contributed by atoms with Gasteiger partial charge in [-0.1, -0.05) is 164 Å². The van der Waals surface area contributed by atoms with Gasteiger partial charge in [-0.05, 0) is 104 Å². The van der Waals surface area contributed by atoms with Crippen LogP contribution in [0.5, 0.6) is 0 Å². The lowest BCUT2D eigenvalue weighted by Gasteiger charge is -2.35. The zero-order chi connectivity index (χ0) is 42.4. The molecule has 4 heteroatoms. The van der Waals surface area contributed by atoms with Gasteiger partial charge in [-0.25, -0.2) is 4.98 Å². The molecule has 4 nitrogen and oxygen atoms in total. The Bertz CT molecular complexity index is 2680. The first-order valence-electron chi connectivity index (χ1n) is 21.5. The van der Waals surface area contributed by atoms with Crippen molar-refractivity contribution in [2.75, 3.05) is 16.5 Å². The van der Waals surface area contributed by atoms with Gasteiger partial charge in [0.15, 0.2) is 0 Å². The van der Waals surface area contributed by atoms with Gasteiger partial charge >= 0.3 is 0 Å². The molecule has 7 aromatic rings. The van der Waals surface area contributed by atoms with Gasteiger partial charge in [0.25, 0.3) is 0 Å². The van der Waals surface area contributed by atoms with Crippen molar-refractivity contribution < 1.29 is 0 Å². The number of nitrogens with zero attached hydrogens (tertiary/aromatic N) is 4. The molecule has 304 valence electrons. The predicted molar refractivity (Wildman–Crippen MR) is 254 cm³/mol. The van der Waals surface area contributed by atoms with Crippen molar-refractivity contribution in [3.63, 3.8) is 0 Å². The minimum Gasteiger partial charge on any atom is -0.321 e. The minimum absolute atomic E-state index is 0.0110. The van der Waals surface area contributed by atoms with Crippen molar-refractivity contribution in [2.45, 2.75) is 124 Å². The second-order valence-corrected chi connectivity index (χ2v) is 21.6. The molecule has 0 N–H and O–H groups in total. The summed E-state index contributed by atoms with van der Waals surface area (Å²) in [6.07, 6.45) is 1.97. The van der Waals surface area contributed by atoms with Crippen molar-refractivity contribution in [3.8, 4) is 5.82 Å². The second kappa shape index (κ2) is 13.9. The van der Waals surface area contributed by atoms with Gasteiger partial charge in [0.2, 0.25) is 0 Å². The Hall–Kier alpha value is -5.35. The first kappa shape index (κ1) is 40.4. The number of hydrogen-bond donors (Lipinski definition) is 0. The number of fused-ring (bicyclic) bond motifs is 4.